The monoisotopic (exact) mass is 688 g/mol. The highest BCUT2D eigenvalue weighted by Crippen LogP contribution is 2.61. The molecular formula is C51H32N2O. The maximum Gasteiger partial charge on any atom is 0.129 e. The molecule has 1 spiro atoms. The first kappa shape index (κ1) is 28.7. The Hall–Kier alpha value is -6.84. The topological polar surface area (TPSA) is 19.1 Å². The van der Waals surface area contributed by atoms with Gasteiger partial charge in [-0.2, -0.15) is 0 Å². The van der Waals surface area contributed by atoms with Gasteiger partial charge in [0.25, 0.3) is 0 Å². The molecule has 0 fully saturated rings. The first-order valence-electron chi connectivity index (χ1n) is 18.9. The molecule has 0 amide bonds. The Morgan fingerprint density at radius 1 is 0.537 bits per heavy atom. The molecule has 0 N–H and O–H groups in total. The Balaban J connectivity index is 1.05. The molecular weight excluding hydrogens is 657 g/mol. The van der Waals surface area contributed by atoms with Crippen LogP contribution in [0.25, 0.3) is 88.8 Å². The van der Waals surface area contributed by atoms with Crippen LogP contribution in [0.1, 0.15) is 23.2 Å². The molecule has 2 aliphatic carbocycles. The van der Waals surface area contributed by atoms with Crippen LogP contribution in [0.15, 0.2) is 169 Å². The van der Waals surface area contributed by atoms with Crippen molar-refractivity contribution in [1.29, 1.82) is 0 Å². The third kappa shape index (κ3) is 3.61. The van der Waals surface area contributed by atoms with Crippen LogP contribution in [0.2, 0.25) is 0 Å². The van der Waals surface area contributed by atoms with Gasteiger partial charge in [-0.15, -0.1) is 0 Å². The molecule has 0 saturated heterocycles. The van der Waals surface area contributed by atoms with Gasteiger partial charge in [0, 0.05) is 38.7 Å². The summed E-state index contributed by atoms with van der Waals surface area (Å²) in [7, 11) is 0. The Bertz CT molecular complexity index is 3240. The van der Waals surface area contributed by atoms with Crippen molar-refractivity contribution in [1.82, 2.24) is 9.13 Å². The maximum absolute atomic E-state index is 6.32. The van der Waals surface area contributed by atoms with Crippen molar-refractivity contribution in [3.8, 4) is 39.4 Å². The Labute approximate surface area is 312 Å². The first-order chi connectivity index (χ1) is 26.7. The molecule has 252 valence electrons. The number of aromatic nitrogens is 2. The summed E-state index contributed by atoms with van der Waals surface area (Å²) in [6.07, 6.45) is 10.5. The van der Waals surface area contributed by atoms with Crippen LogP contribution in [0, 0.1) is 0 Å². The van der Waals surface area contributed by atoms with Crippen LogP contribution in [-0.2, 0) is 5.41 Å². The van der Waals surface area contributed by atoms with Gasteiger partial charge in [0.15, 0.2) is 0 Å². The summed E-state index contributed by atoms with van der Waals surface area (Å²) >= 11 is 0. The number of hydrogen-bond donors (Lipinski definition) is 0. The third-order valence-corrected chi connectivity index (χ3v) is 12.6. The minimum atomic E-state index is -0.163. The summed E-state index contributed by atoms with van der Waals surface area (Å²) in [5, 5.41) is 6.29. The summed E-state index contributed by atoms with van der Waals surface area (Å²) in [6, 6.07) is 53.8. The molecule has 2 aliphatic heterocycles. The number of fused-ring (bicyclic) bond motifs is 8. The lowest BCUT2D eigenvalue weighted by Crippen LogP contribution is -2.34. The van der Waals surface area contributed by atoms with Crippen LogP contribution in [-0.4, -0.2) is 15.7 Å². The van der Waals surface area contributed by atoms with E-state index < -0.39 is 0 Å². The van der Waals surface area contributed by atoms with E-state index >= 15 is 0 Å². The van der Waals surface area contributed by atoms with Gasteiger partial charge < -0.3 is 13.9 Å². The van der Waals surface area contributed by atoms with Crippen LogP contribution in [0.5, 0.6) is 5.75 Å². The van der Waals surface area contributed by atoms with E-state index in [-0.39, 0.29) is 5.41 Å². The quantitative estimate of drug-likeness (QED) is 0.181. The predicted octanol–water partition coefficient (Wildman–Crippen LogP) is 12.6. The van der Waals surface area contributed by atoms with E-state index in [1.54, 1.807) is 0 Å². The highest BCUT2D eigenvalue weighted by Gasteiger charge is 2.50. The smallest absolute Gasteiger partial charge is 0.129 e. The summed E-state index contributed by atoms with van der Waals surface area (Å²) < 4.78 is 11.3. The standard InChI is InChI=1S/C51H32N2O/c1-2-8-31(9-3-1)34-17-21-43-41(27-34)39-20-16-36(29-46(39)52(43)38-19-15-32-10-4-5-11-33(32)26-38)35-18-22-44-42(28-35)40-12-7-24-51-25-23-37-30-54-47-14-6-13-45(48(47)49(37)51)53(44)50(40)51/h1-23,25-29H,24,30H2. The molecule has 0 saturated carbocycles. The van der Waals surface area contributed by atoms with Crippen molar-refractivity contribution >= 4 is 55.1 Å². The maximum atomic E-state index is 6.32. The lowest BCUT2D eigenvalue weighted by molar-refractivity contribution is 0.347. The van der Waals surface area contributed by atoms with Gasteiger partial charge in [0.05, 0.1) is 27.7 Å². The number of hydrogen-bond acceptors (Lipinski definition) is 1. The van der Waals surface area contributed by atoms with Gasteiger partial charge in [-0.1, -0.05) is 115 Å². The minimum Gasteiger partial charge on any atom is -0.488 e. The SMILES string of the molecule is C1=Cc2c3n(c4ccc(-c5ccc6c7cc(-c8ccccc8)ccc7n(-c7ccc8ccccc8c7)c6c5)cc24)-c2cccc4c2C2=C(C=CC23C1)CO4. The minimum absolute atomic E-state index is 0.163. The van der Waals surface area contributed by atoms with Crippen molar-refractivity contribution in [2.45, 2.75) is 11.8 Å². The number of rotatable bonds is 3. The highest BCUT2D eigenvalue weighted by molar-refractivity contribution is 6.12. The second-order valence-electron chi connectivity index (χ2n) is 15.3. The molecule has 9 aromatic rings. The van der Waals surface area contributed by atoms with Gasteiger partial charge in [0.1, 0.15) is 12.4 Å². The summed E-state index contributed by atoms with van der Waals surface area (Å²) in [4.78, 5) is 0. The Morgan fingerprint density at radius 3 is 2.22 bits per heavy atom. The van der Waals surface area contributed by atoms with Gasteiger partial charge in [0.2, 0.25) is 0 Å². The molecule has 4 aliphatic rings. The molecule has 3 heteroatoms. The average molecular weight is 689 g/mol. The van der Waals surface area contributed by atoms with Gasteiger partial charge >= 0.3 is 0 Å². The summed E-state index contributed by atoms with van der Waals surface area (Å²) in [5.74, 6) is 1.00. The van der Waals surface area contributed by atoms with E-state index in [0.29, 0.717) is 6.61 Å². The molecule has 3 nitrogen and oxygen atoms in total. The lowest BCUT2D eigenvalue weighted by atomic mass is 9.67. The molecule has 0 bridgehead atoms. The van der Waals surface area contributed by atoms with E-state index in [0.717, 1.165) is 12.2 Å². The highest BCUT2D eigenvalue weighted by atomic mass is 16.5. The molecule has 1 unspecified atom stereocenters. The normalized spacial score (nSPS) is 17.5. The second-order valence-corrected chi connectivity index (χ2v) is 15.3. The molecule has 1 atom stereocenters. The molecule has 0 radical (unpaired) electrons. The van der Waals surface area contributed by atoms with Crippen LogP contribution in [0.4, 0.5) is 0 Å². The fourth-order valence-electron chi connectivity index (χ4n) is 10.2. The van der Waals surface area contributed by atoms with Gasteiger partial charge in [-0.05, 0) is 105 Å². The molecule has 4 heterocycles. The third-order valence-electron chi connectivity index (χ3n) is 12.6. The summed E-state index contributed by atoms with van der Waals surface area (Å²) in [6.45, 7) is 0.638. The van der Waals surface area contributed by atoms with E-state index in [2.05, 4.69) is 179 Å². The lowest BCUT2D eigenvalue weighted by Gasteiger charge is -2.42. The number of benzene rings is 7. The van der Waals surface area contributed by atoms with E-state index in [1.165, 1.54) is 105 Å². The average Bonchev–Trinajstić information content (AvgIpc) is 3.89. The number of allylic oxidation sites excluding steroid dienone is 3. The van der Waals surface area contributed by atoms with Gasteiger partial charge in [-0.3, -0.25) is 0 Å². The second kappa shape index (κ2) is 10.2. The molecule has 13 rings (SSSR count). The fourth-order valence-corrected chi connectivity index (χ4v) is 10.2. The van der Waals surface area contributed by atoms with Crippen molar-refractivity contribution in [3.63, 3.8) is 0 Å². The van der Waals surface area contributed by atoms with Gasteiger partial charge in [-0.25, -0.2) is 0 Å². The molecule has 7 aromatic carbocycles. The van der Waals surface area contributed by atoms with Crippen LogP contribution in [0.3, 0.4) is 0 Å². The first-order valence-corrected chi connectivity index (χ1v) is 18.9. The zero-order chi connectivity index (χ0) is 35.1. The van der Waals surface area contributed by atoms with Crippen molar-refractivity contribution in [2.24, 2.45) is 0 Å². The van der Waals surface area contributed by atoms with E-state index in [9.17, 15) is 0 Å². The van der Waals surface area contributed by atoms with Crippen molar-refractivity contribution in [3.05, 3.63) is 186 Å². The molecule has 54 heavy (non-hydrogen) atoms. The zero-order valence-electron chi connectivity index (χ0n) is 29.4. The van der Waals surface area contributed by atoms with E-state index in [4.69, 9.17) is 4.74 Å². The van der Waals surface area contributed by atoms with E-state index in [1.807, 2.05) is 0 Å². The number of nitrogens with zero attached hydrogens (tertiary/aromatic N) is 2. The summed E-state index contributed by atoms with van der Waals surface area (Å²) in [5.41, 5.74) is 17.5. The molecule has 2 aromatic heterocycles. The Kier molecular flexibility index (Phi) is 5.41. The van der Waals surface area contributed by atoms with Crippen LogP contribution < -0.4 is 4.74 Å². The van der Waals surface area contributed by atoms with Crippen LogP contribution >= 0.6 is 0 Å². The van der Waals surface area contributed by atoms with Crippen molar-refractivity contribution in [2.75, 3.05) is 6.61 Å². The largest absolute Gasteiger partial charge is 0.488 e. The van der Waals surface area contributed by atoms with Crippen molar-refractivity contribution < 1.29 is 4.74 Å². The Morgan fingerprint density at radius 2 is 1.31 bits per heavy atom. The zero-order valence-corrected chi connectivity index (χ0v) is 29.4. The number of ether oxygens (including phenoxy) is 1. The predicted molar refractivity (Wildman–Crippen MR) is 223 cm³/mol. The fraction of sp³-hybridized carbons (Fsp3) is 0.0588.